The molecule has 8 aromatic carbocycles. The van der Waals surface area contributed by atoms with Gasteiger partial charge in [0.2, 0.25) is 5.89 Å². The molecule has 53 heavy (non-hydrogen) atoms. The number of fused-ring (bicyclic) bond motifs is 4. The number of hydrogen-bond donors (Lipinski definition) is 0. The van der Waals surface area contributed by atoms with Crippen LogP contribution in [-0.4, -0.2) is 19.9 Å². The van der Waals surface area contributed by atoms with Gasteiger partial charge in [0.15, 0.2) is 23.1 Å². The first-order valence-corrected chi connectivity index (χ1v) is 17.6. The van der Waals surface area contributed by atoms with Gasteiger partial charge in [-0.3, -0.25) is 0 Å². The highest BCUT2D eigenvalue weighted by atomic mass is 16.3. The molecule has 0 spiro atoms. The Morgan fingerprint density at radius 2 is 0.868 bits per heavy atom. The smallest absolute Gasteiger partial charge is 0.227 e. The molecule has 2 aromatic heterocycles. The lowest BCUT2D eigenvalue weighted by atomic mass is 9.88. The van der Waals surface area contributed by atoms with Crippen molar-refractivity contribution in [2.24, 2.45) is 0 Å². The third-order valence-electron chi connectivity index (χ3n) is 9.75. The molecule has 0 saturated carbocycles. The van der Waals surface area contributed by atoms with E-state index in [0.717, 1.165) is 55.6 Å². The van der Waals surface area contributed by atoms with Gasteiger partial charge in [-0.25, -0.2) is 19.9 Å². The van der Waals surface area contributed by atoms with E-state index in [2.05, 4.69) is 84.9 Å². The Labute approximate surface area is 305 Å². The van der Waals surface area contributed by atoms with Gasteiger partial charge in [-0.2, -0.15) is 0 Å². The van der Waals surface area contributed by atoms with Gasteiger partial charge in [-0.1, -0.05) is 146 Å². The van der Waals surface area contributed by atoms with Gasteiger partial charge in [0.1, 0.15) is 5.52 Å². The van der Waals surface area contributed by atoms with Crippen LogP contribution in [0.15, 0.2) is 186 Å². The molecule has 0 aliphatic carbocycles. The normalized spacial score (nSPS) is 11.4. The largest absolute Gasteiger partial charge is 0.436 e. The molecule has 0 saturated heterocycles. The van der Waals surface area contributed by atoms with Crippen LogP contribution >= 0.6 is 0 Å². The molecule has 0 radical (unpaired) electrons. The maximum atomic E-state index is 6.20. The van der Waals surface area contributed by atoms with Crippen LogP contribution in [0.5, 0.6) is 0 Å². The molecule has 0 bridgehead atoms. The molecule has 2 heterocycles. The molecular formula is C48H30N4O. The fraction of sp³-hybridized carbons (Fsp3) is 0. The highest BCUT2D eigenvalue weighted by Gasteiger charge is 2.19. The Bertz CT molecular complexity index is 2880. The first-order chi connectivity index (χ1) is 26.2. The lowest BCUT2D eigenvalue weighted by Crippen LogP contribution is -2.00. The van der Waals surface area contributed by atoms with Crippen molar-refractivity contribution in [1.82, 2.24) is 19.9 Å². The highest BCUT2D eigenvalue weighted by molar-refractivity contribution is 6.15. The molecule has 5 nitrogen and oxygen atoms in total. The molecule has 0 N–H and O–H groups in total. The van der Waals surface area contributed by atoms with Crippen LogP contribution in [0.25, 0.3) is 101 Å². The van der Waals surface area contributed by atoms with E-state index in [-0.39, 0.29) is 0 Å². The van der Waals surface area contributed by atoms with E-state index >= 15 is 0 Å². The number of oxazole rings is 1. The Hall–Kier alpha value is -7.24. The highest BCUT2D eigenvalue weighted by Crippen LogP contribution is 2.42. The maximum absolute atomic E-state index is 6.20. The standard InChI is InChI=1S/C48H30N4O/c1-4-14-31(15-5-1)45-50-46(32-16-6-2-7-17-32)52-47(51-45)36-24-26-38(35-25-27-44-43(30-35)49-48(53-44)33-18-8-3-9-19-33)41(29-36)42-28-34-20-10-11-21-37(34)39-22-12-13-23-40(39)42/h1-30H. The first-order valence-electron chi connectivity index (χ1n) is 17.6. The zero-order valence-electron chi connectivity index (χ0n) is 28.5. The number of hydrogen-bond acceptors (Lipinski definition) is 5. The van der Waals surface area contributed by atoms with E-state index in [1.54, 1.807) is 0 Å². The molecule has 0 aliphatic rings. The van der Waals surface area contributed by atoms with Gasteiger partial charge in [-0.15, -0.1) is 0 Å². The lowest BCUT2D eigenvalue weighted by Gasteiger charge is -2.17. The fourth-order valence-electron chi connectivity index (χ4n) is 7.17. The lowest BCUT2D eigenvalue weighted by molar-refractivity contribution is 0.620. The second-order valence-electron chi connectivity index (χ2n) is 13.1. The van der Waals surface area contributed by atoms with Gasteiger partial charge in [0.05, 0.1) is 0 Å². The van der Waals surface area contributed by atoms with Gasteiger partial charge in [-0.05, 0) is 80.2 Å². The zero-order valence-corrected chi connectivity index (χ0v) is 28.5. The Morgan fingerprint density at radius 3 is 1.55 bits per heavy atom. The molecule has 248 valence electrons. The summed E-state index contributed by atoms with van der Waals surface area (Å²) in [6, 6.07) is 62.5. The number of aromatic nitrogens is 4. The van der Waals surface area contributed by atoms with Crippen LogP contribution in [0.1, 0.15) is 0 Å². The topological polar surface area (TPSA) is 64.7 Å². The molecule has 5 heteroatoms. The van der Waals surface area contributed by atoms with Crippen LogP contribution in [0, 0.1) is 0 Å². The van der Waals surface area contributed by atoms with Crippen LogP contribution in [0.4, 0.5) is 0 Å². The molecular weight excluding hydrogens is 649 g/mol. The third kappa shape index (κ3) is 5.61. The maximum Gasteiger partial charge on any atom is 0.227 e. The average molecular weight is 679 g/mol. The second-order valence-corrected chi connectivity index (χ2v) is 13.1. The zero-order chi connectivity index (χ0) is 35.1. The molecule has 0 aliphatic heterocycles. The Balaban J connectivity index is 1.21. The molecule has 0 unspecified atom stereocenters. The van der Waals surface area contributed by atoms with Crippen molar-refractivity contribution in [3.63, 3.8) is 0 Å². The van der Waals surface area contributed by atoms with Crippen LogP contribution < -0.4 is 0 Å². The van der Waals surface area contributed by atoms with Gasteiger partial charge >= 0.3 is 0 Å². The van der Waals surface area contributed by atoms with Crippen molar-refractivity contribution in [2.45, 2.75) is 0 Å². The SMILES string of the molecule is c1ccc(-c2nc(-c3ccccc3)nc(-c3ccc(-c4ccc5oc(-c6ccccc6)nc5c4)c(-c4cc5ccccc5c5ccccc45)c3)n2)cc1. The predicted molar refractivity (Wildman–Crippen MR) is 215 cm³/mol. The predicted octanol–water partition coefficient (Wildman–Crippen LogP) is 12.3. The minimum Gasteiger partial charge on any atom is -0.436 e. The monoisotopic (exact) mass is 678 g/mol. The molecule has 0 fully saturated rings. The van der Waals surface area contributed by atoms with Crippen LogP contribution in [-0.2, 0) is 0 Å². The third-order valence-corrected chi connectivity index (χ3v) is 9.75. The van der Waals surface area contributed by atoms with E-state index < -0.39 is 0 Å². The van der Waals surface area contributed by atoms with Crippen molar-refractivity contribution >= 4 is 32.6 Å². The molecule has 10 rings (SSSR count). The summed E-state index contributed by atoms with van der Waals surface area (Å²) in [7, 11) is 0. The summed E-state index contributed by atoms with van der Waals surface area (Å²) in [6.45, 7) is 0. The summed E-state index contributed by atoms with van der Waals surface area (Å²) < 4.78 is 6.20. The summed E-state index contributed by atoms with van der Waals surface area (Å²) >= 11 is 0. The molecule has 10 aromatic rings. The van der Waals surface area contributed by atoms with Crippen molar-refractivity contribution in [3.05, 3.63) is 182 Å². The van der Waals surface area contributed by atoms with Gasteiger partial charge < -0.3 is 4.42 Å². The quantitative estimate of drug-likeness (QED) is 0.164. The molecule has 0 atom stereocenters. The van der Waals surface area contributed by atoms with Crippen molar-refractivity contribution in [1.29, 1.82) is 0 Å². The summed E-state index contributed by atoms with van der Waals surface area (Å²) in [5.74, 6) is 2.46. The number of rotatable bonds is 6. The van der Waals surface area contributed by atoms with Crippen LogP contribution in [0.2, 0.25) is 0 Å². The van der Waals surface area contributed by atoms with Crippen LogP contribution in [0.3, 0.4) is 0 Å². The van der Waals surface area contributed by atoms with E-state index in [0.29, 0.717) is 23.4 Å². The second kappa shape index (κ2) is 12.8. The summed E-state index contributed by atoms with van der Waals surface area (Å²) in [6.07, 6.45) is 0. The summed E-state index contributed by atoms with van der Waals surface area (Å²) in [5.41, 5.74) is 9.55. The minimum absolute atomic E-state index is 0.604. The summed E-state index contributed by atoms with van der Waals surface area (Å²) in [4.78, 5) is 20.0. The van der Waals surface area contributed by atoms with E-state index in [1.807, 2.05) is 97.1 Å². The van der Waals surface area contributed by atoms with Gasteiger partial charge in [0, 0.05) is 22.3 Å². The number of benzene rings is 8. The first kappa shape index (κ1) is 30.6. The van der Waals surface area contributed by atoms with Crippen molar-refractivity contribution in [2.75, 3.05) is 0 Å². The minimum atomic E-state index is 0.604. The van der Waals surface area contributed by atoms with Crippen molar-refractivity contribution < 1.29 is 4.42 Å². The summed E-state index contributed by atoms with van der Waals surface area (Å²) in [5, 5.41) is 4.77. The fourth-order valence-corrected chi connectivity index (χ4v) is 7.17. The average Bonchev–Trinajstić information content (AvgIpc) is 3.68. The Morgan fingerprint density at radius 1 is 0.321 bits per heavy atom. The molecule has 0 amide bonds. The van der Waals surface area contributed by atoms with E-state index in [4.69, 9.17) is 24.4 Å². The number of nitrogens with zero attached hydrogens (tertiary/aromatic N) is 4. The van der Waals surface area contributed by atoms with Crippen molar-refractivity contribution in [3.8, 4) is 67.9 Å². The Kier molecular flexibility index (Phi) is 7.40. The van der Waals surface area contributed by atoms with Gasteiger partial charge in [0.25, 0.3) is 0 Å². The van der Waals surface area contributed by atoms with E-state index in [9.17, 15) is 0 Å². The van der Waals surface area contributed by atoms with E-state index in [1.165, 1.54) is 21.5 Å².